The van der Waals surface area contributed by atoms with Crippen molar-refractivity contribution in [3.05, 3.63) is 53.9 Å². The van der Waals surface area contributed by atoms with Gasteiger partial charge in [-0.1, -0.05) is 36.9 Å². The van der Waals surface area contributed by atoms with Gasteiger partial charge in [-0.3, -0.25) is 9.59 Å². The summed E-state index contributed by atoms with van der Waals surface area (Å²) in [6, 6.07) is 12.2. The number of aryl methyl sites for hydroxylation is 1. The Hall–Kier alpha value is -3.53. The lowest BCUT2D eigenvalue weighted by Crippen LogP contribution is -2.17. The quantitative estimate of drug-likeness (QED) is 0.394. The summed E-state index contributed by atoms with van der Waals surface area (Å²) >= 11 is 1.30. The smallest absolute Gasteiger partial charge is 0.255 e. The van der Waals surface area contributed by atoms with E-state index in [1.807, 2.05) is 38.5 Å². The van der Waals surface area contributed by atoms with Gasteiger partial charge in [-0.25, -0.2) is 0 Å². The summed E-state index contributed by atoms with van der Waals surface area (Å²) in [5.74, 6) is 1.37. The van der Waals surface area contributed by atoms with Crippen molar-refractivity contribution >= 4 is 35.0 Å². The zero-order chi connectivity index (χ0) is 24.5. The molecule has 0 saturated heterocycles. The molecule has 10 heteroatoms. The number of thioether (sulfide) groups is 1. The lowest BCUT2D eigenvalue weighted by molar-refractivity contribution is -0.113. The van der Waals surface area contributed by atoms with Crippen molar-refractivity contribution in [1.82, 2.24) is 14.8 Å². The van der Waals surface area contributed by atoms with Crippen molar-refractivity contribution in [3.8, 4) is 11.5 Å². The van der Waals surface area contributed by atoms with E-state index in [2.05, 4.69) is 20.8 Å². The number of aromatic nitrogens is 3. The van der Waals surface area contributed by atoms with E-state index >= 15 is 0 Å². The molecule has 9 nitrogen and oxygen atoms in total. The second-order valence-electron chi connectivity index (χ2n) is 7.18. The molecule has 2 amide bonds. The standard InChI is InChI=1S/C24H29N5O4S/c1-5-21-27-28-24(29(21)4)34-15-22(30)25-17-13-20(33-7-3)18(14-19(17)32-6-2)26-23(31)16-11-9-8-10-12-16/h8-14H,5-7,15H2,1-4H3,(H,25,30)(H,26,31). The first-order chi connectivity index (χ1) is 16.5. The van der Waals surface area contributed by atoms with Crippen LogP contribution < -0.4 is 20.1 Å². The number of nitrogens with one attached hydrogen (secondary N) is 2. The van der Waals surface area contributed by atoms with E-state index in [0.29, 0.717) is 46.8 Å². The van der Waals surface area contributed by atoms with Crippen LogP contribution >= 0.6 is 11.8 Å². The predicted molar refractivity (Wildman–Crippen MR) is 133 cm³/mol. The minimum absolute atomic E-state index is 0.151. The van der Waals surface area contributed by atoms with E-state index in [1.165, 1.54) is 11.8 Å². The minimum atomic E-state index is -0.271. The number of anilines is 2. The number of benzene rings is 2. The zero-order valence-corrected chi connectivity index (χ0v) is 20.6. The molecule has 2 aromatic carbocycles. The number of hydrogen-bond donors (Lipinski definition) is 2. The van der Waals surface area contributed by atoms with Crippen LogP contribution in [0.1, 0.15) is 37.0 Å². The number of carbonyl (C=O) groups excluding carboxylic acids is 2. The lowest BCUT2D eigenvalue weighted by Gasteiger charge is -2.18. The summed E-state index contributed by atoms with van der Waals surface area (Å²) in [6.07, 6.45) is 0.765. The summed E-state index contributed by atoms with van der Waals surface area (Å²) < 4.78 is 13.4. The van der Waals surface area contributed by atoms with Crippen LogP contribution in [0.2, 0.25) is 0 Å². The Balaban J connectivity index is 1.78. The fourth-order valence-corrected chi connectivity index (χ4v) is 3.91. The van der Waals surface area contributed by atoms with Gasteiger partial charge in [0.15, 0.2) is 5.16 Å². The average molecular weight is 484 g/mol. The SMILES string of the molecule is CCOc1cc(NC(=O)c2ccccc2)c(OCC)cc1NC(=O)CSc1nnc(CC)n1C. The molecule has 0 atom stereocenters. The van der Waals surface area contributed by atoms with Crippen LogP contribution in [-0.4, -0.2) is 45.5 Å². The Labute approximate surface area is 203 Å². The molecule has 3 rings (SSSR count). The van der Waals surface area contributed by atoms with E-state index in [9.17, 15) is 9.59 Å². The topological polar surface area (TPSA) is 107 Å². The van der Waals surface area contributed by atoms with Gasteiger partial charge in [0.1, 0.15) is 17.3 Å². The van der Waals surface area contributed by atoms with Gasteiger partial charge in [0.2, 0.25) is 5.91 Å². The van der Waals surface area contributed by atoms with Crippen LogP contribution in [0.25, 0.3) is 0 Å². The maximum atomic E-state index is 12.7. The second-order valence-corrected chi connectivity index (χ2v) is 8.12. The van der Waals surface area contributed by atoms with E-state index in [0.717, 1.165) is 12.2 Å². The van der Waals surface area contributed by atoms with Crippen molar-refractivity contribution in [2.75, 3.05) is 29.6 Å². The Morgan fingerprint density at radius 3 is 2.12 bits per heavy atom. The van der Waals surface area contributed by atoms with Crippen molar-refractivity contribution in [2.45, 2.75) is 32.3 Å². The fourth-order valence-electron chi connectivity index (χ4n) is 3.18. The first kappa shape index (κ1) is 25.1. The number of hydrogen-bond acceptors (Lipinski definition) is 7. The van der Waals surface area contributed by atoms with Gasteiger partial charge in [-0.05, 0) is 26.0 Å². The molecule has 2 N–H and O–H groups in total. The first-order valence-corrected chi connectivity index (χ1v) is 12.1. The minimum Gasteiger partial charge on any atom is -0.492 e. The average Bonchev–Trinajstić information content (AvgIpc) is 3.20. The highest BCUT2D eigenvalue weighted by Crippen LogP contribution is 2.37. The summed E-state index contributed by atoms with van der Waals surface area (Å²) in [5.41, 5.74) is 1.44. The highest BCUT2D eigenvalue weighted by Gasteiger charge is 2.18. The Bertz CT molecular complexity index is 1130. The van der Waals surface area contributed by atoms with E-state index in [1.54, 1.807) is 36.4 Å². The van der Waals surface area contributed by atoms with Gasteiger partial charge < -0.3 is 24.7 Å². The number of nitrogens with zero attached hydrogens (tertiary/aromatic N) is 3. The van der Waals surface area contributed by atoms with Gasteiger partial charge in [-0.15, -0.1) is 10.2 Å². The third-order valence-electron chi connectivity index (χ3n) is 4.81. The van der Waals surface area contributed by atoms with E-state index in [-0.39, 0.29) is 17.6 Å². The largest absolute Gasteiger partial charge is 0.492 e. The Morgan fingerprint density at radius 1 is 0.941 bits per heavy atom. The molecule has 0 aliphatic heterocycles. The van der Waals surface area contributed by atoms with Crippen molar-refractivity contribution < 1.29 is 19.1 Å². The molecule has 0 aliphatic rings. The Kier molecular flexibility index (Phi) is 8.92. The molecule has 0 spiro atoms. The molecule has 0 bridgehead atoms. The molecule has 0 unspecified atom stereocenters. The van der Waals surface area contributed by atoms with Crippen LogP contribution in [0.4, 0.5) is 11.4 Å². The van der Waals surface area contributed by atoms with Gasteiger partial charge in [0, 0.05) is 31.2 Å². The van der Waals surface area contributed by atoms with Crippen molar-refractivity contribution in [1.29, 1.82) is 0 Å². The van der Waals surface area contributed by atoms with Crippen molar-refractivity contribution in [2.24, 2.45) is 7.05 Å². The number of rotatable bonds is 11. The summed E-state index contributed by atoms with van der Waals surface area (Å²) in [6.45, 7) is 6.47. The molecule has 180 valence electrons. The monoisotopic (exact) mass is 483 g/mol. The molecule has 1 aromatic heterocycles. The Morgan fingerprint density at radius 2 is 1.56 bits per heavy atom. The van der Waals surface area contributed by atoms with Crippen LogP contribution in [0, 0.1) is 0 Å². The van der Waals surface area contributed by atoms with Gasteiger partial charge in [0.05, 0.1) is 30.3 Å². The lowest BCUT2D eigenvalue weighted by atomic mass is 10.2. The highest BCUT2D eigenvalue weighted by atomic mass is 32.2. The third-order valence-corrected chi connectivity index (χ3v) is 5.83. The van der Waals surface area contributed by atoms with E-state index in [4.69, 9.17) is 9.47 Å². The maximum absolute atomic E-state index is 12.7. The molecular formula is C24H29N5O4S. The predicted octanol–water partition coefficient (Wildman–Crippen LogP) is 4.16. The summed E-state index contributed by atoms with van der Waals surface area (Å²) in [7, 11) is 1.88. The normalized spacial score (nSPS) is 10.6. The van der Waals surface area contributed by atoms with Gasteiger partial charge >= 0.3 is 0 Å². The van der Waals surface area contributed by atoms with Crippen LogP contribution in [0.3, 0.4) is 0 Å². The van der Waals surface area contributed by atoms with Gasteiger partial charge in [0.25, 0.3) is 5.91 Å². The molecule has 0 saturated carbocycles. The molecule has 0 radical (unpaired) electrons. The summed E-state index contributed by atoms with van der Waals surface area (Å²) in [5, 5.41) is 14.7. The van der Waals surface area contributed by atoms with Crippen LogP contribution in [0.15, 0.2) is 47.6 Å². The third kappa shape index (κ3) is 6.28. The van der Waals surface area contributed by atoms with Crippen LogP contribution in [0.5, 0.6) is 11.5 Å². The number of ether oxygens (including phenoxy) is 2. The molecular weight excluding hydrogens is 454 g/mol. The maximum Gasteiger partial charge on any atom is 0.255 e. The fraction of sp³-hybridized carbons (Fsp3) is 0.333. The number of amides is 2. The molecule has 0 aliphatic carbocycles. The number of carbonyl (C=O) groups is 2. The van der Waals surface area contributed by atoms with E-state index < -0.39 is 0 Å². The van der Waals surface area contributed by atoms with Crippen molar-refractivity contribution in [3.63, 3.8) is 0 Å². The molecule has 34 heavy (non-hydrogen) atoms. The summed E-state index contributed by atoms with van der Waals surface area (Å²) in [4.78, 5) is 25.4. The molecule has 1 heterocycles. The second kappa shape index (κ2) is 12.1. The van der Waals surface area contributed by atoms with Crippen LogP contribution in [-0.2, 0) is 18.3 Å². The first-order valence-electron chi connectivity index (χ1n) is 11.1. The zero-order valence-electron chi connectivity index (χ0n) is 19.8. The highest BCUT2D eigenvalue weighted by molar-refractivity contribution is 7.99. The molecule has 0 fully saturated rings. The molecule has 3 aromatic rings. The van der Waals surface area contributed by atoms with Gasteiger partial charge in [-0.2, -0.15) is 0 Å².